The number of benzene rings is 2. The largest absolute Gasteiger partial charge is 0.451 e. The van der Waals surface area contributed by atoms with Crippen molar-refractivity contribution in [2.24, 2.45) is 0 Å². The Morgan fingerprint density at radius 2 is 1.59 bits per heavy atom. The Labute approximate surface area is 155 Å². The quantitative estimate of drug-likeness (QED) is 0.749. The average molecular weight is 390 g/mol. The van der Waals surface area contributed by atoms with Gasteiger partial charge in [-0.05, 0) is 54.7 Å². The highest BCUT2D eigenvalue weighted by molar-refractivity contribution is 7.90. The van der Waals surface area contributed by atoms with Gasteiger partial charge in [0.05, 0.1) is 10.5 Å². The molecule has 0 radical (unpaired) electrons. The van der Waals surface area contributed by atoms with Gasteiger partial charge in [-0.3, -0.25) is 0 Å². The summed E-state index contributed by atoms with van der Waals surface area (Å²) in [5, 5.41) is 0. The highest BCUT2D eigenvalue weighted by Gasteiger charge is 2.52. The van der Waals surface area contributed by atoms with Crippen molar-refractivity contribution < 1.29 is 26.7 Å². The summed E-state index contributed by atoms with van der Waals surface area (Å²) in [4.78, 5) is 12.8. The summed E-state index contributed by atoms with van der Waals surface area (Å²) in [6, 6.07) is 9.47. The fourth-order valence-electron chi connectivity index (χ4n) is 3.65. The van der Waals surface area contributed by atoms with Gasteiger partial charge in [0.2, 0.25) is 0 Å². The maximum Gasteiger partial charge on any atom is 0.340 e. The summed E-state index contributed by atoms with van der Waals surface area (Å²) in [5.41, 5.74) is 0.882. The highest BCUT2D eigenvalue weighted by Crippen LogP contribution is 2.54. The molecule has 4 nitrogen and oxygen atoms in total. The minimum Gasteiger partial charge on any atom is -0.451 e. The lowest BCUT2D eigenvalue weighted by Crippen LogP contribution is -2.38. The first-order valence-corrected chi connectivity index (χ1v) is 10.3. The predicted octanol–water partition coefficient (Wildman–Crippen LogP) is 3.76. The zero-order valence-electron chi connectivity index (χ0n) is 14.5. The maximum absolute atomic E-state index is 13.7. The topological polar surface area (TPSA) is 60.4 Å². The van der Waals surface area contributed by atoms with Gasteiger partial charge in [-0.1, -0.05) is 18.2 Å². The summed E-state index contributed by atoms with van der Waals surface area (Å²) in [6.07, 6.45) is 3.26. The Hall–Kier alpha value is -2.54. The minimum absolute atomic E-state index is 0.161. The lowest BCUT2D eigenvalue weighted by molar-refractivity contribution is -0.149. The number of carbonyl (C=O) groups excluding carboxylic acids is 1. The van der Waals surface area contributed by atoms with Crippen LogP contribution in [0.15, 0.2) is 47.4 Å². The van der Waals surface area contributed by atoms with E-state index in [1.807, 2.05) is 0 Å². The van der Waals surface area contributed by atoms with Crippen molar-refractivity contribution in [2.45, 2.75) is 29.8 Å². The van der Waals surface area contributed by atoms with Crippen molar-refractivity contribution >= 4 is 27.0 Å². The van der Waals surface area contributed by atoms with Crippen LogP contribution >= 0.6 is 0 Å². The van der Waals surface area contributed by atoms with Crippen molar-refractivity contribution in [3.8, 4) is 0 Å². The minimum atomic E-state index is -3.36. The molecule has 2 aromatic rings. The van der Waals surface area contributed by atoms with Crippen LogP contribution < -0.4 is 0 Å². The normalized spacial score (nSPS) is 18.6. The zero-order valence-corrected chi connectivity index (χ0v) is 15.3. The average Bonchev–Trinajstić information content (AvgIpc) is 2.90. The monoisotopic (exact) mass is 390 g/mol. The molecule has 0 bridgehead atoms. The number of rotatable bonds is 3. The van der Waals surface area contributed by atoms with E-state index in [1.165, 1.54) is 18.2 Å². The molecular weight excluding hydrogens is 374 g/mol. The maximum atomic E-state index is 13.7. The van der Waals surface area contributed by atoms with E-state index in [4.69, 9.17) is 4.74 Å². The van der Waals surface area contributed by atoms with Gasteiger partial charge in [0.15, 0.2) is 21.5 Å². The summed E-state index contributed by atoms with van der Waals surface area (Å²) in [6.45, 7) is 0. The van der Waals surface area contributed by atoms with E-state index < -0.39 is 33.0 Å². The first-order valence-electron chi connectivity index (χ1n) is 8.45. The second-order valence-corrected chi connectivity index (χ2v) is 8.93. The zero-order chi connectivity index (χ0) is 19.4. The molecule has 0 saturated heterocycles. The third-order valence-electron chi connectivity index (χ3n) is 5.14. The molecule has 7 heteroatoms. The third kappa shape index (κ3) is 2.86. The van der Waals surface area contributed by atoms with Crippen LogP contribution in [-0.2, 0) is 19.4 Å². The molecule has 0 unspecified atom stereocenters. The van der Waals surface area contributed by atoms with E-state index in [9.17, 15) is 22.0 Å². The number of hydrogen-bond donors (Lipinski definition) is 0. The van der Waals surface area contributed by atoms with E-state index in [0.29, 0.717) is 24.0 Å². The Bertz CT molecular complexity index is 1080. The van der Waals surface area contributed by atoms with E-state index in [2.05, 4.69) is 0 Å². The Morgan fingerprint density at radius 3 is 2.11 bits per heavy atom. The van der Waals surface area contributed by atoms with Crippen molar-refractivity contribution in [3.05, 3.63) is 65.2 Å². The fraction of sp³-hybridized carbons (Fsp3) is 0.250. The second-order valence-electron chi connectivity index (χ2n) is 6.91. The van der Waals surface area contributed by atoms with Gasteiger partial charge in [0.25, 0.3) is 0 Å². The molecule has 0 atom stereocenters. The lowest BCUT2D eigenvalue weighted by atomic mass is 9.71. The van der Waals surface area contributed by atoms with Gasteiger partial charge >= 0.3 is 5.97 Å². The van der Waals surface area contributed by atoms with Crippen LogP contribution in [0.3, 0.4) is 0 Å². The second kappa shape index (κ2) is 5.99. The molecule has 0 aromatic heterocycles. The Kier molecular flexibility index (Phi) is 3.96. The molecule has 1 saturated carbocycles. The Morgan fingerprint density at radius 1 is 0.963 bits per heavy atom. The number of carbonyl (C=O) groups is 1. The molecular formula is C20H16F2O4S. The predicted molar refractivity (Wildman–Crippen MR) is 95.4 cm³/mol. The van der Waals surface area contributed by atoms with Crippen LogP contribution in [0, 0.1) is 11.6 Å². The number of esters is 1. The van der Waals surface area contributed by atoms with Crippen molar-refractivity contribution in [1.29, 1.82) is 0 Å². The molecule has 1 aliphatic carbocycles. The smallest absolute Gasteiger partial charge is 0.340 e. The van der Waals surface area contributed by atoms with Crippen molar-refractivity contribution in [1.82, 2.24) is 0 Å². The molecule has 1 aliphatic heterocycles. The first-order chi connectivity index (χ1) is 12.7. The summed E-state index contributed by atoms with van der Waals surface area (Å²) in [5.74, 6) is -2.62. The van der Waals surface area contributed by atoms with Crippen LogP contribution in [0.2, 0.25) is 0 Å². The van der Waals surface area contributed by atoms with Gasteiger partial charge in [0, 0.05) is 11.8 Å². The van der Waals surface area contributed by atoms with Crippen molar-refractivity contribution in [2.75, 3.05) is 6.26 Å². The lowest BCUT2D eigenvalue weighted by Gasteiger charge is -2.39. The molecule has 27 heavy (non-hydrogen) atoms. The number of ether oxygens (including phenoxy) is 1. The van der Waals surface area contributed by atoms with Crippen LogP contribution in [0.5, 0.6) is 0 Å². The van der Waals surface area contributed by atoms with E-state index in [0.717, 1.165) is 24.8 Å². The van der Waals surface area contributed by atoms with E-state index in [1.54, 1.807) is 12.1 Å². The fourth-order valence-corrected chi connectivity index (χ4v) is 4.28. The summed E-state index contributed by atoms with van der Waals surface area (Å²) in [7, 11) is -3.36. The van der Waals surface area contributed by atoms with Crippen LogP contribution in [-0.4, -0.2) is 26.2 Å². The SMILES string of the molecule is CS(=O)(=O)c1ccc(C2=C(c3ccc(F)c(F)c3)C(=O)OC23CCC3)cc1. The number of sulfone groups is 1. The number of halogens is 2. The van der Waals surface area contributed by atoms with Gasteiger partial charge in [-0.15, -0.1) is 0 Å². The van der Waals surface area contributed by atoms with Gasteiger partial charge in [0.1, 0.15) is 5.60 Å². The molecule has 2 aliphatic rings. The van der Waals surface area contributed by atoms with E-state index >= 15 is 0 Å². The molecule has 140 valence electrons. The molecule has 2 aromatic carbocycles. The van der Waals surface area contributed by atoms with Crippen LogP contribution in [0.1, 0.15) is 30.4 Å². The van der Waals surface area contributed by atoms with Crippen molar-refractivity contribution in [3.63, 3.8) is 0 Å². The van der Waals surface area contributed by atoms with Gasteiger partial charge < -0.3 is 4.74 Å². The molecule has 4 rings (SSSR count). The Balaban J connectivity index is 1.92. The third-order valence-corrected chi connectivity index (χ3v) is 6.27. The number of hydrogen-bond acceptors (Lipinski definition) is 4. The molecule has 0 amide bonds. The molecule has 1 spiro atoms. The summed E-state index contributed by atoms with van der Waals surface area (Å²) >= 11 is 0. The highest BCUT2D eigenvalue weighted by atomic mass is 32.2. The molecule has 0 N–H and O–H groups in total. The van der Waals surface area contributed by atoms with Crippen LogP contribution in [0.4, 0.5) is 8.78 Å². The molecule has 1 heterocycles. The van der Waals surface area contributed by atoms with Gasteiger partial charge in [-0.25, -0.2) is 22.0 Å². The standard InChI is InChI=1S/C20H16F2O4S/c1-27(24,25)14-6-3-12(4-7-14)18-17(13-5-8-15(21)16(22)11-13)19(23)26-20(18)9-2-10-20/h3-8,11H,2,9-10H2,1H3. The van der Waals surface area contributed by atoms with Crippen LogP contribution in [0.25, 0.3) is 11.1 Å². The summed E-state index contributed by atoms with van der Waals surface area (Å²) < 4.78 is 56.1. The molecule has 1 fully saturated rings. The van der Waals surface area contributed by atoms with Gasteiger partial charge in [-0.2, -0.15) is 0 Å². The first kappa shape index (κ1) is 17.9. The van der Waals surface area contributed by atoms with E-state index in [-0.39, 0.29) is 16.0 Å².